The lowest BCUT2D eigenvalue weighted by Gasteiger charge is -1.93. The Morgan fingerprint density at radius 2 is 2.46 bits per heavy atom. The molecule has 13 heavy (non-hydrogen) atoms. The third-order valence-electron chi connectivity index (χ3n) is 1.60. The van der Waals surface area contributed by atoms with Crippen LogP contribution in [0.1, 0.15) is 11.3 Å². The molecule has 0 spiro atoms. The van der Waals surface area contributed by atoms with Crippen LogP contribution in [-0.2, 0) is 6.42 Å². The number of H-pyrrole nitrogens is 1. The van der Waals surface area contributed by atoms with E-state index in [1.807, 2.05) is 0 Å². The number of hydrogen-bond acceptors (Lipinski definition) is 4. The highest BCUT2D eigenvalue weighted by molar-refractivity contribution is 5.14. The third kappa shape index (κ3) is 1.81. The maximum absolute atomic E-state index is 10.9. The fourth-order valence-electron chi connectivity index (χ4n) is 1.05. The summed E-state index contributed by atoms with van der Waals surface area (Å²) in [5.74, 6) is 0. The van der Waals surface area contributed by atoms with Crippen molar-refractivity contribution in [3.63, 3.8) is 0 Å². The monoisotopic (exact) mass is 177 g/mol. The van der Waals surface area contributed by atoms with Crippen molar-refractivity contribution in [3.8, 4) is 0 Å². The minimum atomic E-state index is -0.207. The van der Waals surface area contributed by atoms with Gasteiger partial charge < -0.3 is 4.52 Å². The van der Waals surface area contributed by atoms with E-state index in [4.69, 9.17) is 0 Å². The van der Waals surface area contributed by atoms with Crippen LogP contribution in [0, 0.1) is 0 Å². The van der Waals surface area contributed by atoms with Crippen molar-refractivity contribution in [1.29, 1.82) is 0 Å². The number of aromatic nitrogens is 3. The van der Waals surface area contributed by atoms with E-state index in [2.05, 4.69) is 19.9 Å². The van der Waals surface area contributed by atoms with Crippen LogP contribution >= 0.6 is 0 Å². The molecule has 5 heteroatoms. The van der Waals surface area contributed by atoms with E-state index in [1.165, 1.54) is 12.3 Å². The summed E-state index contributed by atoms with van der Waals surface area (Å²) >= 11 is 0. The Labute approximate surface area is 73.4 Å². The van der Waals surface area contributed by atoms with Crippen molar-refractivity contribution >= 4 is 0 Å². The van der Waals surface area contributed by atoms with Gasteiger partial charge in [0, 0.05) is 18.6 Å². The lowest BCUT2D eigenvalue weighted by Crippen LogP contribution is -2.07. The van der Waals surface area contributed by atoms with Crippen LogP contribution in [0.5, 0.6) is 0 Å². The molecule has 0 aliphatic heterocycles. The molecule has 0 fully saturated rings. The molecule has 0 saturated heterocycles. The molecule has 5 nitrogen and oxygen atoms in total. The van der Waals surface area contributed by atoms with Gasteiger partial charge >= 0.3 is 0 Å². The number of rotatable bonds is 2. The highest BCUT2D eigenvalue weighted by Gasteiger charge is 1.99. The van der Waals surface area contributed by atoms with Crippen LogP contribution < -0.4 is 5.56 Å². The molecule has 0 bridgehead atoms. The fraction of sp³-hybridized carbons (Fsp3) is 0.125. The Balaban J connectivity index is 2.24. The minimum absolute atomic E-state index is 0.207. The predicted octanol–water partition coefficient (Wildman–Crippen LogP) is 0.349. The van der Waals surface area contributed by atoms with E-state index in [-0.39, 0.29) is 5.56 Å². The molecule has 0 radical (unpaired) electrons. The second-order valence-electron chi connectivity index (χ2n) is 2.62. The van der Waals surface area contributed by atoms with Gasteiger partial charge in [-0.2, -0.15) is 5.10 Å². The first kappa shape index (κ1) is 7.72. The first-order valence-corrected chi connectivity index (χ1v) is 3.77. The average Bonchev–Trinajstić information content (AvgIpc) is 2.57. The van der Waals surface area contributed by atoms with Gasteiger partial charge in [-0.1, -0.05) is 5.16 Å². The number of nitrogens with one attached hydrogen (secondary N) is 1. The highest BCUT2D eigenvalue weighted by Crippen LogP contribution is 2.02. The molecule has 2 rings (SSSR count). The normalized spacial score (nSPS) is 10.2. The maximum Gasteiger partial charge on any atom is 0.264 e. The molecule has 0 aliphatic rings. The van der Waals surface area contributed by atoms with Gasteiger partial charge in [0.15, 0.2) is 0 Å². The van der Waals surface area contributed by atoms with E-state index in [1.54, 1.807) is 12.3 Å². The largest absolute Gasteiger partial charge is 0.365 e. The molecule has 0 atom stereocenters. The van der Waals surface area contributed by atoms with Gasteiger partial charge in [-0.25, -0.2) is 5.10 Å². The Morgan fingerprint density at radius 3 is 3.15 bits per heavy atom. The molecule has 2 aromatic heterocycles. The number of nitrogens with zero attached hydrogens (tertiary/aromatic N) is 2. The summed E-state index contributed by atoms with van der Waals surface area (Å²) in [6.07, 6.45) is 3.65. The van der Waals surface area contributed by atoms with Gasteiger partial charge in [-0.3, -0.25) is 4.79 Å². The van der Waals surface area contributed by atoms with Gasteiger partial charge in [0.1, 0.15) is 6.26 Å². The molecule has 0 aromatic carbocycles. The van der Waals surface area contributed by atoms with Crippen LogP contribution in [0.4, 0.5) is 0 Å². The summed E-state index contributed by atoms with van der Waals surface area (Å²) in [7, 11) is 0. The van der Waals surface area contributed by atoms with E-state index in [0.717, 1.165) is 11.3 Å². The van der Waals surface area contributed by atoms with Gasteiger partial charge in [0.05, 0.1) is 11.9 Å². The molecule has 0 amide bonds. The zero-order valence-electron chi connectivity index (χ0n) is 6.73. The van der Waals surface area contributed by atoms with Crippen molar-refractivity contribution in [1.82, 2.24) is 15.4 Å². The summed E-state index contributed by atoms with van der Waals surface area (Å²) in [6.45, 7) is 0. The van der Waals surface area contributed by atoms with Crippen LogP contribution in [0.3, 0.4) is 0 Å². The first-order valence-electron chi connectivity index (χ1n) is 3.77. The molecule has 2 heterocycles. The standard InChI is InChI=1S/C8H7N3O2/c12-8-4-6(5-9-10-8)3-7-1-2-13-11-7/h1-2,4-5H,3H2,(H,10,12). The maximum atomic E-state index is 10.9. The van der Waals surface area contributed by atoms with Crippen molar-refractivity contribution in [3.05, 3.63) is 46.2 Å². The molecular formula is C8H7N3O2. The van der Waals surface area contributed by atoms with E-state index in [0.29, 0.717) is 6.42 Å². The van der Waals surface area contributed by atoms with E-state index >= 15 is 0 Å². The Hall–Kier alpha value is -1.91. The van der Waals surface area contributed by atoms with Crippen molar-refractivity contribution in [2.45, 2.75) is 6.42 Å². The SMILES string of the molecule is O=c1cc(Cc2ccon2)cn[nH]1. The van der Waals surface area contributed by atoms with E-state index < -0.39 is 0 Å². The first-order chi connectivity index (χ1) is 6.34. The third-order valence-corrected chi connectivity index (χ3v) is 1.60. The quantitative estimate of drug-likeness (QED) is 0.718. The second-order valence-corrected chi connectivity index (χ2v) is 2.62. The minimum Gasteiger partial charge on any atom is -0.365 e. The summed E-state index contributed by atoms with van der Waals surface area (Å²) in [5.41, 5.74) is 1.39. The van der Waals surface area contributed by atoms with Crippen LogP contribution in [0.15, 0.2) is 33.9 Å². The Morgan fingerprint density at radius 1 is 1.54 bits per heavy atom. The van der Waals surface area contributed by atoms with Gasteiger partial charge in [0.2, 0.25) is 0 Å². The smallest absolute Gasteiger partial charge is 0.264 e. The van der Waals surface area contributed by atoms with Crippen LogP contribution in [0.25, 0.3) is 0 Å². The van der Waals surface area contributed by atoms with Crippen molar-refractivity contribution in [2.24, 2.45) is 0 Å². The summed E-state index contributed by atoms with van der Waals surface area (Å²) in [4.78, 5) is 10.9. The lowest BCUT2D eigenvalue weighted by molar-refractivity contribution is 0.413. The molecule has 0 aliphatic carbocycles. The van der Waals surface area contributed by atoms with E-state index in [9.17, 15) is 4.79 Å². The van der Waals surface area contributed by atoms with Crippen LogP contribution in [-0.4, -0.2) is 15.4 Å². The molecule has 0 unspecified atom stereocenters. The van der Waals surface area contributed by atoms with Gasteiger partial charge in [0.25, 0.3) is 5.56 Å². The van der Waals surface area contributed by atoms with Gasteiger partial charge in [-0.05, 0) is 5.56 Å². The summed E-state index contributed by atoms with van der Waals surface area (Å²) in [5, 5.41) is 9.70. The lowest BCUT2D eigenvalue weighted by atomic mass is 10.2. The average molecular weight is 177 g/mol. The molecule has 0 saturated carbocycles. The summed E-state index contributed by atoms with van der Waals surface area (Å²) < 4.78 is 4.66. The Bertz CT molecular complexity index is 433. The predicted molar refractivity (Wildman–Crippen MR) is 44.2 cm³/mol. The number of hydrogen-bond donors (Lipinski definition) is 1. The zero-order chi connectivity index (χ0) is 9.10. The summed E-state index contributed by atoms with van der Waals surface area (Å²) in [6, 6.07) is 3.24. The van der Waals surface area contributed by atoms with Crippen molar-refractivity contribution in [2.75, 3.05) is 0 Å². The molecule has 66 valence electrons. The molecular weight excluding hydrogens is 170 g/mol. The Kier molecular flexibility index (Phi) is 1.91. The highest BCUT2D eigenvalue weighted by atomic mass is 16.5. The van der Waals surface area contributed by atoms with Gasteiger partial charge in [-0.15, -0.1) is 0 Å². The fourth-order valence-corrected chi connectivity index (χ4v) is 1.05. The number of aromatic amines is 1. The topological polar surface area (TPSA) is 71.8 Å². The second kappa shape index (κ2) is 3.22. The van der Waals surface area contributed by atoms with Crippen molar-refractivity contribution < 1.29 is 4.52 Å². The molecule has 1 N–H and O–H groups in total. The molecule has 2 aromatic rings. The zero-order valence-corrected chi connectivity index (χ0v) is 6.73. The van der Waals surface area contributed by atoms with Crippen LogP contribution in [0.2, 0.25) is 0 Å².